The molecule has 0 bridgehead atoms. The molecule has 1 aromatic carbocycles. The minimum Gasteiger partial charge on any atom is -0.478 e. The van der Waals surface area contributed by atoms with Crippen molar-refractivity contribution in [1.29, 1.82) is 0 Å². The van der Waals surface area contributed by atoms with Gasteiger partial charge in [-0.25, -0.2) is 4.98 Å². The van der Waals surface area contributed by atoms with Crippen LogP contribution in [0.1, 0.15) is 32.6 Å². The molecule has 0 atom stereocenters. The van der Waals surface area contributed by atoms with Crippen molar-refractivity contribution < 1.29 is 4.74 Å². The molecule has 0 spiro atoms. The average molecular weight is 291 g/mol. The summed E-state index contributed by atoms with van der Waals surface area (Å²) in [4.78, 5) is 8.64. The third-order valence-electron chi connectivity index (χ3n) is 2.95. The largest absolute Gasteiger partial charge is 0.478 e. The van der Waals surface area contributed by atoms with Crippen LogP contribution >= 0.6 is 11.6 Å². The highest BCUT2D eigenvalue weighted by atomic mass is 35.5. The number of hydrogen-bond acceptors (Lipinski definition) is 3. The first-order valence-corrected chi connectivity index (χ1v) is 7.40. The summed E-state index contributed by atoms with van der Waals surface area (Å²) in [5.74, 6) is 1.14. The second-order valence-corrected chi connectivity index (χ2v) is 5.01. The summed E-state index contributed by atoms with van der Waals surface area (Å²) in [5, 5.41) is 0.405. The molecule has 4 heteroatoms. The maximum atomic E-state index is 6.03. The quantitative estimate of drug-likeness (QED) is 0.545. The van der Waals surface area contributed by atoms with E-state index in [1.165, 1.54) is 19.3 Å². The van der Waals surface area contributed by atoms with Crippen LogP contribution in [0.3, 0.4) is 0 Å². The summed E-state index contributed by atoms with van der Waals surface area (Å²) in [6, 6.07) is 11.4. The van der Waals surface area contributed by atoms with Gasteiger partial charge in [0.15, 0.2) is 5.82 Å². The zero-order valence-electron chi connectivity index (χ0n) is 11.7. The van der Waals surface area contributed by atoms with Crippen LogP contribution in [0, 0.1) is 0 Å². The highest BCUT2D eigenvalue weighted by Crippen LogP contribution is 2.21. The summed E-state index contributed by atoms with van der Waals surface area (Å²) >= 11 is 6.03. The normalized spacial score (nSPS) is 10.5. The Balaban J connectivity index is 2.02. The Morgan fingerprint density at radius 2 is 1.85 bits per heavy atom. The van der Waals surface area contributed by atoms with E-state index in [2.05, 4.69) is 16.9 Å². The second kappa shape index (κ2) is 7.85. The first-order valence-electron chi connectivity index (χ1n) is 7.02. The van der Waals surface area contributed by atoms with Gasteiger partial charge in [0, 0.05) is 11.6 Å². The number of unbranched alkanes of at least 4 members (excludes halogenated alkanes) is 3. The molecule has 1 heterocycles. The van der Waals surface area contributed by atoms with Gasteiger partial charge in [-0.15, -0.1) is 0 Å². The van der Waals surface area contributed by atoms with E-state index < -0.39 is 0 Å². The van der Waals surface area contributed by atoms with Crippen LogP contribution in [0.4, 0.5) is 0 Å². The van der Waals surface area contributed by atoms with Crippen molar-refractivity contribution in [3.05, 3.63) is 41.6 Å². The van der Waals surface area contributed by atoms with E-state index in [1.54, 1.807) is 6.07 Å². The molecule has 0 saturated carbocycles. The first-order chi connectivity index (χ1) is 9.79. The van der Waals surface area contributed by atoms with Gasteiger partial charge in [-0.3, -0.25) is 0 Å². The summed E-state index contributed by atoms with van der Waals surface area (Å²) < 4.78 is 5.66. The third-order valence-corrected chi connectivity index (χ3v) is 3.14. The number of rotatable bonds is 7. The predicted octanol–water partition coefficient (Wildman–Crippen LogP) is 4.76. The minimum absolute atomic E-state index is 0.405. The zero-order chi connectivity index (χ0) is 14.2. The van der Waals surface area contributed by atoms with Crippen LogP contribution in [0.25, 0.3) is 11.4 Å². The number of ether oxygens (including phenoxy) is 1. The van der Waals surface area contributed by atoms with E-state index >= 15 is 0 Å². The van der Waals surface area contributed by atoms with Crippen LogP contribution in [0.2, 0.25) is 5.15 Å². The van der Waals surface area contributed by atoms with E-state index in [0.29, 0.717) is 23.5 Å². The van der Waals surface area contributed by atoms with Gasteiger partial charge in [-0.1, -0.05) is 68.1 Å². The number of aromatic nitrogens is 2. The summed E-state index contributed by atoms with van der Waals surface area (Å²) in [6.07, 6.45) is 4.68. The molecule has 3 nitrogen and oxygen atoms in total. The van der Waals surface area contributed by atoms with Crippen LogP contribution in [0.5, 0.6) is 5.88 Å². The Morgan fingerprint density at radius 3 is 2.60 bits per heavy atom. The minimum atomic E-state index is 0.405. The molecular formula is C16H19ClN2O. The van der Waals surface area contributed by atoms with Gasteiger partial charge in [0.25, 0.3) is 0 Å². The van der Waals surface area contributed by atoms with E-state index in [4.69, 9.17) is 16.3 Å². The average Bonchev–Trinajstić information content (AvgIpc) is 2.47. The molecule has 0 unspecified atom stereocenters. The van der Waals surface area contributed by atoms with Gasteiger partial charge in [0.2, 0.25) is 5.88 Å². The van der Waals surface area contributed by atoms with Crippen molar-refractivity contribution in [3.63, 3.8) is 0 Å². The van der Waals surface area contributed by atoms with Gasteiger partial charge in [0.1, 0.15) is 5.15 Å². The fraction of sp³-hybridized carbons (Fsp3) is 0.375. The van der Waals surface area contributed by atoms with Crippen LogP contribution < -0.4 is 4.74 Å². The van der Waals surface area contributed by atoms with Crippen LogP contribution in [-0.4, -0.2) is 16.6 Å². The Morgan fingerprint density at radius 1 is 1.05 bits per heavy atom. The van der Waals surface area contributed by atoms with Crippen molar-refractivity contribution in [1.82, 2.24) is 9.97 Å². The van der Waals surface area contributed by atoms with Crippen LogP contribution in [0.15, 0.2) is 36.4 Å². The Hall–Kier alpha value is -1.61. The molecule has 0 N–H and O–H groups in total. The number of halogens is 1. The SMILES string of the molecule is CCCCCCOc1cc(Cl)nc(-c2ccccc2)n1. The molecule has 0 aliphatic carbocycles. The van der Waals surface area contributed by atoms with Crippen molar-refractivity contribution >= 4 is 11.6 Å². The van der Waals surface area contributed by atoms with E-state index in [9.17, 15) is 0 Å². The number of nitrogens with zero attached hydrogens (tertiary/aromatic N) is 2. The van der Waals surface area contributed by atoms with Crippen molar-refractivity contribution in [2.24, 2.45) is 0 Å². The molecule has 106 valence electrons. The molecule has 0 aliphatic heterocycles. The number of benzene rings is 1. The highest BCUT2D eigenvalue weighted by molar-refractivity contribution is 6.29. The van der Waals surface area contributed by atoms with Gasteiger partial charge in [0.05, 0.1) is 6.61 Å². The lowest BCUT2D eigenvalue weighted by molar-refractivity contribution is 0.293. The maximum absolute atomic E-state index is 6.03. The molecular weight excluding hydrogens is 272 g/mol. The monoisotopic (exact) mass is 290 g/mol. The molecule has 1 aromatic heterocycles. The second-order valence-electron chi connectivity index (χ2n) is 4.63. The number of hydrogen-bond donors (Lipinski definition) is 0. The van der Waals surface area contributed by atoms with Crippen LogP contribution in [-0.2, 0) is 0 Å². The summed E-state index contributed by atoms with van der Waals surface area (Å²) in [5.41, 5.74) is 0.936. The van der Waals surface area contributed by atoms with Crippen molar-refractivity contribution in [3.8, 4) is 17.3 Å². The van der Waals surface area contributed by atoms with Gasteiger partial charge in [-0.05, 0) is 6.42 Å². The van der Waals surface area contributed by atoms with Gasteiger partial charge >= 0.3 is 0 Å². The fourth-order valence-corrected chi connectivity index (χ4v) is 2.07. The van der Waals surface area contributed by atoms with Gasteiger partial charge in [-0.2, -0.15) is 4.98 Å². The topological polar surface area (TPSA) is 35.0 Å². The molecule has 0 amide bonds. The Labute approximate surface area is 125 Å². The zero-order valence-corrected chi connectivity index (χ0v) is 12.4. The summed E-state index contributed by atoms with van der Waals surface area (Å²) in [7, 11) is 0. The van der Waals surface area contributed by atoms with Crippen molar-refractivity contribution in [2.75, 3.05) is 6.61 Å². The molecule has 2 rings (SSSR count). The predicted molar refractivity (Wildman–Crippen MR) is 82.1 cm³/mol. The summed E-state index contributed by atoms with van der Waals surface area (Å²) in [6.45, 7) is 2.86. The van der Waals surface area contributed by atoms with Gasteiger partial charge < -0.3 is 4.74 Å². The van der Waals surface area contributed by atoms with E-state index in [1.807, 2.05) is 30.3 Å². The third kappa shape index (κ3) is 4.49. The van der Waals surface area contributed by atoms with Crippen molar-refractivity contribution in [2.45, 2.75) is 32.6 Å². The highest BCUT2D eigenvalue weighted by Gasteiger charge is 2.06. The molecule has 2 aromatic rings. The lowest BCUT2D eigenvalue weighted by Crippen LogP contribution is -2.01. The maximum Gasteiger partial charge on any atom is 0.218 e. The molecule has 0 aliphatic rings. The lowest BCUT2D eigenvalue weighted by atomic mass is 10.2. The van der Waals surface area contributed by atoms with E-state index in [-0.39, 0.29) is 0 Å². The fourth-order valence-electron chi connectivity index (χ4n) is 1.89. The molecule has 0 radical (unpaired) electrons. The first kappa shape index (κ1) is 14.8. The Bertz CT molecular complexity index is 531. The standard InChI is InChI=1S/C16H19ClN2O/c1-2-3-4-8-11-20-15-12-14(17)18-16(19-15)13-9-6-5-7-10-13/h5-7,9-10,12H,2-4,8,11H2,1H3. The smallest absolute Gasteiger partial charge is 0.218 e. The molecule has 0 fully saturated rings. The lowest BCUT2D eigenvalue weighted by Gasteiger charge is -2.07. The Kier molecular flexibility index (Phi) is 5.81. The molecule has 0 saturated heterocycles. The molecule has 20 heavy (non-hydrogen) atoms. The van der Waals surface area contributed by atoms with E-state index in [0.717, 1.165) is 12.0 Å².